The van der Waals surface area contributed by atoms with E-state index >= 15 is 0 Å². The molecule has 1 fully saturated rings. The highest BCUT2D eigenvalue weighted by molar-refractivity contribution is 7.17. The van der Waals surface area contributed by atoms with Crippen LogP contribution in [-0.2, 0) is 0 Å². The van der Waals surface area contributed by atoms with Gasteiger partial charge in [-0.05, 0) is 37.6 Å². The van der Waals surface area contributed by atoms with Crippen LogP contribution < -0.4 is 16.0 Å². The summed E-state index contributed by atoms with van der Waals surface area (Å²) in [5, 5.41) is 6.65. The fourth-order valence-electron chi connectivity index (χ4n) is 3.88. The number of anilines is 2. The highest BCUT2D eigenvalue weighted by atomic mass is 35.5. The Morgan fingerprint density at radius 3 is 2.53 bits per heavy atom. The van der Waals surface area contributed by atoms with Crippen LogP contribution in [0.1, 0.15) is 23.2 Å². The van der Waals surface area contributed by atoms with Crippen molar-refractivity contribution >= 4 is 51.1 Å². The molecular formula is C23H29ClN4OS. The van der Waals surface area contributed by atoms with Crippen LogP contribution in [0.3, 0.4) is 0 Å². The predicted octanol–water partition coefficient (Wildman–Crippen LogP) is 4.24. The number of carbonyl (C=O) groups is 1. The number of nitrogen functional groups attached to an aromatic ring is 1. The Morgan fingerprint density at radius 2 is 1.73 bits per heavy atom. The Kier molecular flexibility index (Phi) is 7.96. The molecular weight excluding hydrogens is 416 g/mol. The number of benzene rings is 2. The first-order valence-corrected chi connectivity index (χ1v) is 11.2. The molecule has 7 heteroatoms. The first kappa shape index (κ1) is 22.4. The van der Waals surface area contributed by atoms with Crippen molar-refractivity contribution in [2.75, 3.05) is 49.9 Å². The zero-order valence-electron chi connectivity index (χ0n) is 17.0. The number of unbranched alkanes of at least 4 members (excludes halogenated alkanes) is 1. The summed E-state index contributed by atoms with van der Waals surface area (Å²) in [5.74, 6) is -0.0836. The molecule has 160 valence electrons. The molecule has 1 aromatic heterocycles. The Morgan fingerprint density at radius 1 is 1.00 bits per heavy atom. The zero-order valence-corrected chi connectivity index (χ0v) is 18.7. The van der Waals surface area contributed by atoms with E-state index < -0.39 is 0 Å². The lowest BCUT2D eigenvalue weighted by atomic mass is 10.1. The second-order valence-corrected chi connectivity index (χ2v) is 8.41. The van der Waals surface area contributed by atoms with Crippen LogP contribution >= 0.6 is 23.7 Å². The number of nitrogens with two attached hydrogens (primary N) is 1. The molecule has 1 aliphatic rings. The van der Waals surface area contributed by atoms with E-state index in [1.807, 2.05) is 23.5 Å². The van der Waals surface area contributed by atoms with Crippen molar-refractivity contribution in [3.63, 3.8) is 0 Å². The fourth-order valence-corrected chi connectivity index (χ4v) is 4.85. The standard InChI is InChI=1S/C23H28N4OS.ClH/c24-20-9-3-1-7-18(20)23(28)25-11-5-6-12-26-13-15-27(16-14-26)21-17-29-22-10-4-2-8-19(21)22;/h1-4,7-10,17H,5-6,11-16,24H2,(H,25,28);1H. The Labute approximate surface area is 188 Å². The molecule has 1 amide bonds. The maximum atomic E-state index is 12.2. The van der Waals surface area contributed by atoms with Gasteiger partial charge in [0.05, 0.1) is 11.3 Å². The number of fused-ring (bicyclic) bond motifs is 1. The lowest BCUT2D eigenvalue weighted by molar-refractivity contribution is 0.0953. The van der Waals surface area contributed by atoms with Gasteiger partial charge in [0.15, 0.2) is 0 Å². The van der Waals surface area contributed by atoms with Crippen LogP contribution in [-0.4, -0.2) is 50.1 Å². The van der Waals surface area contributed by atoms with Gasteiger partial charge in [0, 0.05) is 53.9 Å². The molecule has 2 heterocycles. The topological polar surface area (TPSA) is 61.6 Å². The van der Waals surface area contributed by atoms with Gasteiger partial charge in [-0.15, -0.1) is 23.7 Å². The molecule has 0 saturated carbocycles. The number of carbonyl (C=O) groups excluding carboxylic acids is 1. The van der Waals surface area contributed by atoms with Crippen molar-refractivity contribution in [3.05, 3.63) is 59.5 Å². The summed E-state index contributed by atoms with van der Waals surface area (Å²) in [7, 11) is 0. The smallest absolute Gasteiger partial charge is 0.253 e. The third-order valence-electron chi connectivity index (χ3n) is 5.57. The molecule has 1 aliphatic heterocycles. The minimum atomic E-state index is -0.0836. The Hall–Kier alpha value is -2.28. The summed E-state index contributed by atoms with van der Waals surface area (Å²) in [6, 6.07) is 15.9. The lowest BCUT2D eigenvalue weighted by Gasteiger charge is -2.35. The summed E-state index contributed by atoms with van der Waals surface area (Å²) >= 11 is 1.83. The van der Waals surface area contributed by atoms with E-state index in [0.717, 1.165) is 45.6 Å². The molecule has 1 saturated heterocycles. The first-order chi connectivity index (χ1) is 14.2. The maximum absolute atomic E-state index is 12.2. The minimum absolute atomic E-state index is 0. The average molecular weight is 445 g/mol. The molecule has 0 aliphatic carbocycles. The van der Waals surface area contributed by atoms with Gasteiger partial charge in [-0.2, -0.15) is 0 Å². The number of rotatable bonds is 7. The Balaban J connectivity index is 0.00000256. The molecule has 0 atom stereocenters. The largest absolute Gasteiger partial charge is 0.398 e. The third-order valence-corrected chi connectivity index (χ3v) is 6.52. The molecule has 0 spiro atoms. The van der Waals surface area contributed by atoms with E-state index in [2.05, 4.69) is 44.8 Å². The molecule has 3 aromatic rings. The second kappa shape index (κ2) is 10.7. The number of piperazine rings is 1. The monoisotopic (exact) mass is 444 g/mol. The summed E-state index contributed by atoms with van der Waals surface area (Å²) in [6.45, 7) is 6.11. The van der Waals surface area contributed by atoms with Gasteiger partial charge < -0.3 is 16.0 Å². The lowest BCUT2D eigenvalue weighted by Crippen LogP contribution is -2.46. The summed E-state index contributed by atoms with van der Waals surface area (Å²) in [5.41, 5.74) is 8.33. The van der Waals surface area contributed by atoms with Gasteiger partial charge in [-0.1, -0.05) is 30.3 Å². The van der Waals surface area contributed by atoms with Gasteiger partial charge >= 0.3 is 0 Å². The van der Waals surface area contributed by atoms with E-state index in [1.165, 1.54) is 15.8 Å². The molecule has 0 radical (unpaired) electrons. The van der Waals surface area contributed by atoms with E-state index in [0.29, 0.717) is 17.8 Å². The number of thiophene rings is 1. The van der Waals surface area contributed by atoms with Crippen molar-refractivity contribution in [1.29, 1.82) is 0 Å². The van der Waals surface area contributed by atoms with E-state index in [1.54, 1.807) is 12.1 Å². The van der Waals surface area contributed by atoms with Gasteiger partial charge in [-0.3, -0.25) is 9.69 Å². The molecule has 0 unspecified atom stereocenters. The van der Waals surface area contributed by atoms with E-state index in [4.69, 9.17) is 5.73 Å². The quantitative estimate of drug-likeness (QED) is 0.422. The van der Waals surface area contributed by atoms with E-state index in [9.17, 15) is 4.79 Å². The molecule has 30 heavy (non-hydrogen) atoms. The number of para-hydroxylation sites is 1. The molecule has 2 aromatic carbocycles. The van der Waals surface area contributed by atoms with Gasteiger partial charge in [0.25, 0.3) is 5.91 Å². The molecule has 3 N–H and O–H groups in total. The van der Waals surface area contributed by atoms with Crippen molar-refractivity contribution in [2.24, 2.45) is 0 Å². The number of hydrogen-bond donors (Lipinski definition) is 2. The summed E-state index contributed by atoms with van der Waals surface area (Å²) < 4.78 is 1.37. The highest BCUT2D eigenvalue weighted by Gasteiger charge is 2.19. The Bertz CT molecular complexity index is 969. The SMILES string of the molecule is Cl.Nc1ccccc1C(=O)NCCCCN1CCN(c2csc3ccccc23)CC1. The van der Waals surface area contributed by atoms with Crippen molar-refractivity contribution in [3.8, 4) is 0 Å². The number of nitrogens with one attached hydrogen (secondary N) is 1. The average Bonchev–Trinajstić information content (AvgIpc) is 3.18. The normalized spacial score (nSPS) is 14.5. The van der Waals surface area contributed by atoms with Crippen LogP contribution in [0.15, 0.2) is 53.9 Å². The van der Waals surface area contributed by atoms with Crippen molar-refractivity contribution in [1.82, 2.24) is 10.2 Å². The maximum Gasteiger partial charge on any atom is 0.253 e. The molecule has 4 rings (SSSR count). The molecule has 5 nitrogen and oxygen atoms in total. The number of halogens is 1. The van der Waals surface area contributed by atoms with Crippen LogP contribution in [0.25, 0.3) is 10.1 Å². The fraction of sp³-hybridized carbons (Fsp3) is 0.348. The number of nitrogens with zero attached hydrogens (tertiary/aromatic N) is 2. The van der Waals surface area contributed by atoms with Gasteiger partial charge in [0.2, 0.25) is 0 Å². The van der Waals surface area contributed by atoms with Crippen molar-refractivity contribution < 1.29 is 4.79 Å². The molecule has 0 bridgehead atoms. The second-order valence-electron chi connectivity index (χ2n) is 7.50. The highest BCUT2D eigenvalue weighted by Crippen LogP contribution is 2.33. The van der Waals surface area contributed by atoms with Gasteiger partial charge in [-0.25, -0.2) is 0 Å². The third kappa shape index (κ3) is 5.25. The first-order valence-electron chi connectivity index (χ1n) is 10.3. The zero-order chi connectivity index (χ0) is 20.1. The number of amides is 1. The van der Waals surface area contributed by atoms with Gasteiger partial charge in [0.1, 0.15) is 0 Å². The van der Waals surface area contributed by atoms with Crippen LogP contribution in [0.4, 0.5) is 11.4 Å². The van der Waals surface area contributed by atoms with Crippen LogP contribution in [0.2, 0.25) is 0 Å². The van der Waals surface area contributed by atoms with Crippen LogP contribution in [0.5, 0.6) is 0 Å². The predicted molar refractivity (Wildman–Crippen MR) is 130 cm³/mol. The summed E-state index contributed by atoms with van der Waals surface area (Å²) in [4.78, 5) is 17.2. The van der Waals surface area contributed by atoms with E-state index in [-0.39, 0.29) is 18.3 Å². The van der Waals surface area contributed by atoms with Crippen LogP contribution in [0, 0.1) is 0 Å². The summed E-state index contributed by atoms with van der Waals surface area (Å²) in [6.07, 6.45) is 2.07. The van der Waals surface area contributed by atoms with Crippen molar-refractivity contribution in [2.45, 2.75) is 12.8 Å². The number of hydrogen-bond acceptors (Lipinski definition) is 5. The minimum Gasteiger partial charge on any atom is -0.398 e.